The molecule has 1 unspecified atom stereocenters. The smallest absolute Gasteiger partial charge is 0.282 e. The topological polar surface area (TPSA) is 66.6 Å². The molecule has 0 radical (unpaired) electrons. The van der Waals surface area contributed by atoms with E-state index in [1.165, 1.54) is 0 Å². The number of rotatable bonds is 4. The average Bonchev–Trinajstić information content (AvgIpc) is 2.69. The molecule has 2 rings (SSSR count). The lowest BCUT2D eigenvalue weighted by molar-refractivity contribution is 0.224. The Balaban J connectivity index is 0.00000200. The fourth-order valence-corrected chi connectivity index (χ4v) is 5.14. The Morgan fingerprint density at radius 1 is 0.950 bits per heavy atom. The first-order chi connectivity index (χ1) is 9.16. The van der Waals surface area contributed by atoms with Crippen LogP contribution in [0.15, 0.2) is 0 Å². The van der Waals surface area contributed by atoms with Crippen molar-refractivity contribution in [3.8, 4) is 0 Å². The fourth-order valence-electron chi connectivity index (χ4n) is 3.18. The van der Waals surface area contributed by atoms with Crippen molar-refractivity contribution in [1.29, 1.82) is 0 Å². The molecule has 0 aromatic carbocycles. The first kappa shape index (κ1) is 18.2. The average molecular weight is 326 g/mol. The van der Waals surface area contributed by atoms with E-state index in [2.05, 4.69) is 0 Å². The first-order valence-electron chi connectivity index (χ1n) is 7.63. The predicted molar refractivity (Wildman–Crippen MR) is 84.2 cm³/mol. The molecule has 1 atom stereocenters. The van der Waals surface area contributed by atoms with Crippen LogP contribution in [0.2, 0.25) is 0 Å². The van der Waals surface area contributed by atoms with E-state index in [1.807, 2.05) is 0 Å². The molecule has 2 N–H and O–H groups in total. The summed E-state index contributed by atoms with van der Waals surface area (Å²) in [6, 6.07) is 0.118. The van der Waals surface area contributed by atoms with E-state index in [1.54, 1.807) is 8.61 Å². The highest BCUT2D eigenvalue weighted by Gasteiger charge is 2.36. The standard InChI is InChI=1S/C13H27N3O2S.ClH/c14-9-8-13-7-3-6-12-16(13)19(17,18)15-10-4-1-2-5-11-15;/h13H,1-12,14H2;1H. The molecule has 2 fully saturated rings. The maximum absolute atomic E-state index is 12.8. The van der Waals surface area contributed by atoms with Crippen molar-refractivity contribution in [2.75, 3.05) is 26.2 Å². The quantitative estimate of drug-likeness (QED) is 0.856. The monoisotopic (exact) mass is 325 g/mol. The molecule has 120 valence electrons. The van der Waals surface area contributed by atoms with Crippen LogP contribution in [0, 0.1) is 0 Å². The molecule has 0 aromatic rings. The summed E-state index contributed by atoms with van der Waals surface area (Å²) in [4.78, 5) is 0. The molecule has 0 amide bonds. The maximum Gasteiger partial charge on any atom is 0.282 e. The van der Waals surface area contributed by atoms with Crippen LogP contribution in [0.3, 0.4) is 0 Å². The van der Waals surface area contributed by atoms with Gasteiger partial charge in [-0.25, -0.2) is 0 Å². The zero-order chi connectivity index (χ0) is 13.7. The summed E-state index contributed by atoms with van der Waals surface area (Å²) in [7, 11) is -3.27. The maximum atomic E-state index is 12.8. The van der Waals surface area contributed by atoms with Crippen molar-refractivity contribution < 1.29 is 8.42 Å². The van der Waals surface area contributed by atoms with Crippen LogP contribution >= 0.6 is 12.4 Å². The number of piperidine rings is 1. The lowest BCUT2D eigenvalue weighted by atomic mass is 10.0. The van der Waals surface area contributed by atoms with Crippen molar-refractivity contribution in [2.45, 2.75) is 57.4 Å². The number of nitrogens with two attached hydrogens (primary N) is 1. The van der Waals surface area contributed by atoms with Gasteiger partial charge in [-0.2, -0.15) is 17.0 Å². The number of hydrogen-bond donors (Lipinski definition) is 1. The third kappa shape index (κ3) is 4.31. The Labute approximate surface area is 129 Å². The second-order valence-electron chi connectivity index (χ2n) is 5.66. The Morgan fingerprint density at radius 3 is 2.15 bits per heavy atom. The van der Waals surface area contributed by atoms with E-state index >= 15 is 0 Å². The number of halogens is 1. The SMILES string of the molecule is Cl.NCCC1CCCCN1S(=O)(=O)N1CCCCCC1. The Kier molecular flexibility index (Phi) is 7.75. The molecule has 2 saturated heterocycles. The molecule has 20 heavy (non-hydrogen) atoms. The zero-order valence-electron chi connectivity index (χ0n) is 12.2. The molecular formula is C13H28ClN3O2S. The molecule has 7 heteroatoms. The molecule has 5 nitrogen and oxygen atoms in total. The van der Waals surface area contributed by atoms with Crippen molar-refractivity contribution in [3.63, 3.8) is 0 Å². The van der Waals surface area contributed by atoms with E-state index < -0.39 is 10.2 Å². The molecule has 2 aliphatic rings. The minimum atomic E-state index is -3.27. The zero-order valence-corrected chi connectivity index (χ0v) is 13.8. The van der Waals surface area contributed by atoms with E-state index in [9.17, 15) is 8.42 Å². The van der Waals surface area contributed by atoms with E-state index in [4.69, 9.17) is 5.73 Å². The number of hydrogen-bond acceptors (Lipinski definition) is 3. The summed E-state index contributed by atoms with van der Waals surface area (Å²) in [6.07, 6.45) is 8.14. The second kappa shape index (κ2) is 8.54. The van der Waals surface area contributed by atoms with Gasteiger partial charge in [0.05, 0.1) is 0 Å². The minimum absolute atomic E-state index is 0. The normalized spacial score (nSPS) is 26.8. The van der Waals surface area contributed by atoms with Gasteiger partial charge < -0.3 is 5.73 Å². The molecule has 0 saturated carbocycles. The van der Waals surface area contributed by atoms with Crippen LogP contribution in [0.5, 0.6) is 0 Å². The summed E-state index contributed by atoms with van der Waals surface area (Å²) in [5.74, 6) is 0. The van der Waals surface area contributed by atoms with Gasteiger partial charge in [0.2, 0.25) is 0 Å². The van der Waals surface area contributed by atoms with Crippen molar-refractivity contribution in [3.05, 3.63) is 0 Å². The molecular weight excluding hydrogens is 298 g/mol. The largest absolute Gasteiger partial charge is 0.330 e. The molecule has 0 aromatic heterocycles. The third-order valence-electron chi connectivity index (χ3n) is 4.26. The van der Waals surface area contributed by atoms with Gasteiger partial charge >= 0.3 is 0 Å². The van der Waals surface area contributed by atoms with Crippen LogP contribution in [0.4, 0.5) is 0 Å². The molecule has 0 aliphatic carbocycles. The minimum Gasteiger partial charge on any atom is -0.330 e. The van der Waals surface area contributed by atoms with Crippen molar-refractivity contribution in [1.82, 2.24) is 8.61 Å². The summed E-state index contributed by atoms with van der Waals surface area (Å²) < 4.78 is 29.0. The van der Waals surface area contributed by atoms with Gasteiger partial charge in [-0.1, -0.05) is 19.3 Å². The van der Waals surface area contributed by atoms with Gasteiger partial charge in [-0.05, 0) is 38.6 Å². The highest BCUT2D eigenvalue weighted by molar-refractivity contribution is 7.86. The third-order valence-corrected chi connectivity index (χ3v) is 6.35. The van der Waals surface area contributed by atoms with Crippen LogP contribution in [0.1, 0.15) is 51.4 Å². The van der Waals surface area contributed by atoms with Crippen LogP contribution in [-0.4, -0.2) is 49.2 Å². The number of nitrogens with zero attached hydrogens (tertiary/aromatic N) is 2. The summed E-state index contributed by atoms with van der Waals surface area (Å²) in [6.45, 7) is 2.61. The van der Waals surface area contributed by atoms with Gasteiger partial charge in [-0.15, -0.1) is 12.4 Å². The van der Waals surface area contributed by atoms with Gasteiger partial charge in [0.25, 0.3) is 10.2 Å². The van der Waals surface area contributed by atoms with Crippen molar-refractivity contribution >= 4 is 22.6 Å². The van der Waals surface area contributed by atoms with E-state index in [-0.39, 0.29) is 18.4 Å². The second-order valence-corrected chi connectivity index (χ2v) is 7.54. The van der Waals surface area contributed by atoms with Gasteiger partial charge in [0.1, 0.15) is 0 Å². The van der Waals surface area contributed by atoms with Crippen molar-refractivity contribution in [2.24, 2.45) is 5.73 Å². The van der Waals surface area contributed by atoms with Gasteiger partial charge in [0.15, 0.2) is 0 Å². The molecule has 0 spiro atoms. The Morgan fingerprint density at radius 2 is 1.55 bits per heavy atom. The highest BCUT2D eigenvalue weighted by atomic mass is 35.5. The lowest BCUT2D eigenvalue weighted by Crippen LogP contribution is -2.51. The van der Waals surface area contributed by atoms with E-state index in [0.717, 1.165) is 51.4 Å². The van der Waals surface area contributed by atoms with Gasteiger partial charge in [0, 0.05) is 25.7 Å². The molecule has 2 aliphatic heterocycles. The predicted octanol–water partition coefficient (Wildman–Crippen LogP) is 1.73. The van der Waals surface area contributed by atoms with Gasteiger partial charge in [-0.3, -0.25) is 0 Å². The lowest BCUT2D eigenvalue weighted by Gasteiger charge is -2.37. The fraction of sp³-hybridized carbons (Fsp3) is 1.00. The van der Waals surface area contributed by atoms with Crippen LogP contribution in [-0.2, 0) is 10.2 Å². The highest BCUT2D eigenvalue weighted by Crippen LogP contribution is 2.25. The molecule has 0 bridgehead atoms. The Bertz CT molecular complexity index is 368. The van der Waals surface area contributed by atoms with Crippen LogP contribution < -0.4 is 5.73 Å². The first-order valence-corrected chi connectivity index (χ1v) is 9.03. The summed E-state index contributed by atoms with van der Waals surface area (Å²) >= 11 is 0. The Hall–Kier alpha value is 0.120. The van der Waals surface area contributed by atoms with Crippen LogP contribution in [0.25, 0.3) is 0 Å². The summed E-state index contributed by atoms with van der Waals surface area (Å²) in [5, 5.41) is 0. The van der Waals surface area contributed by atoms with E-state index in [0.29, 0.717) is 26.2 Å². The summed E-state index contributed by atoms with van der Waals surface area (Å²) in [5.41, 5.74) is 5.63. The molecule has 2 heterocycles.